The van der Waals surface area contributed by atoms with E-state index in [4.69, 9.17) is 23.2 Å². The van der Waals surface area contributed by atoms with Crippen molar-refractivity contribution in [2.45, 2.75) is 51.0 Å². The van der Waals surface area contributed by atoms with Gasteiger partial charge in [0.15, 0.2) is 0 Å². The van der Waals surface area contributed by atoms with E-state index in [9.17, 15) is 0 Å². The van der Waals surface area contributed by atoms with Crippen molar-refractivity contribution in [2.24, 2.45) is 5.92 Å². The van der Waals surface area contributed by atoms with E-state index in [1.165, 1.54) is 44.1 Å². The number of hydrogen-bond acceptors (Lipinski definition) is 1. The Morgan fingerprint density at radius 1 is 1.11 bits per heavy atom. The number of hydrogen-bond donors (Lipinski definition) is 1. The number of halogens is 2. The zero-order valence-electron chi connectivity index (χ0n) is 11.6. The Labute approximate surface area is 126 Å². The molecule has 0 amide bonds. The minimum atomic E-state index is 0.551. The van der Waals surface area contributed by atoms with Crippen LogP contribution in [0.2, 0.25) is 10.0 Å². The smallest absolute Gasteiger partial charge is 0.0595 e. The van der Waals surface area contributed by atoms with Crippen LogP contribution >= 0.6 is 23.2 Å². The summed E-state index contributed by atoms with van der Waals surface area (Å²) >= 11 is 12.1. The first kappa shape index (κ1) is 15.2. The van der Waals surface area contributed by atoms with Gasteiger partial charge in [-0.2, -0.15) is 0 Å². The van der Waals surface area contributed by atoms with Gasteiger partial charge in [0.25, 0.3) is 0 Å². The fourth-order valence-corrected chi connectivity index (χ4v) is 3.46. The Kier molecular flexibility index (Phi) is 6.00. The van der Waals surface area contributed by atoms with Crippen LogP contribution in [0.4, 0.5) is 0 Å². The molecule has 0 spiro atoms. The molecule has 0 heterocycles. The SMILES string of the molecule is CNC(Cc1ccc(Cl)c(Cl)c1)C1CCCCCC1. The van der Waals surface area contributed by atoms with Gasteiger partial charge < -0.3 is 5.32 Å². The zero-order valence-corrected chi connectivity index (χ0v) is 13.1. The molecular formula is C16H23Cl2N. The maximum Gasteiger partial charge on any atom is 0.0595 e. The van der Waals surface area contributed by atoms with Crippen molar-refractivity contribution in [1.29, 1.82) is 0 Å². The van der Waals surface area contributed by atoms with Gasteiger partial charge in [-0.15, -0.1) is 0 Å². The molecule has 1 aliphatic rings. The lowest BCUT2D eigenvalue weighted by Crippen LogP contribution is -2.35. The van der Waals surface area contributed by atoms with Crippen molar-refractivity contribution >= 4 is 23.2 Å². The van der Waals surface area contributed by atoms with Crippen molar-refractivity contribution in [3.63, 3.8) is 0 Å². The maximum absolute atomic E-state index is 6.10. The first-order chi connectivity index (χ1) is 9.20. The van der Waals surface area contributed by atoms with Gasteiger partial charge in [0.2, 0.25) is 0 Å². The first-order valence-corrected chi connectivity index (χ1v) is 8.07. The van der Waals surface area contributed by atoms with Gasteiger partial charge in [-0.1, -0.05) is 55.0 Å². The molecule has 1 atom stereocenters. The third kappa shape index (κ3) is 4.37. The molecule has 0 aromatic heterocycles. The van der Waals surface area contributed by atoms with Crippen molar-refractivity contribution in [1.82, 2.24) is 5.32 Å². The summed E-state index contributed by atoms with van der Waals surface area (Å²) in [6.07, 6.45) is 9.31. The van der Waals surface area contributed by atoms with Gasteiger partial charge in [0, 0.05) is 6.04 Å². The van der Waals surface area contributed by atoms with Crippen LogP contribution in [0.3, 0.4) is 0 Å². The van der Waals surface area contributed by atoms with E-state index in [-0.39, 0.29) is 0 Å². The second-order valence-corrected chi connectivity index (χ2v) is 6.41. The largest absolute Gasteiger partial charge is 0.316 e. The number of rotatable bonds is 4. The quantitative estimate of drug-likeness (QED) is 0.763. The minimum Gasteiger partial charge on any atom is -0.316 e. The Balaban J connectivity index is 2.02. The van der Waals surface area contributed by atoms with Crippen LogP contribution in [-0.4, -0.2) is 13.1 Å². The average molecular weight is 300 g/mol. The highest BCUT2D eigenvalue weighted by atomic mass is 35.5. The van der Waals surface area contributed by atoms with Crippen LogP contribution in [0, 0.1) is 5.92 Å². The summed E-state index contributed by atoms with van der Waals surface area (Å²) in [5, 5.41) is 4.81. The van der Waals surface area contributed by atoms with E-state index in [0.717, 1.165) is 12.3 Å². The number of nitrogens with one attached hydrogen (secondary N) is 1. The summed E-state index contributed by atoms with van der Waals surface area (Å²) in [6, 6.07) is 6.55. The van der Waals surface area contributed by atoms with Crippen LogP contribution in [0.5, 0.6) is 0 Å². The van der Waals surface area contributed by atoms with Gasteiger partial charge in [0.1, 0.15) is 0 Å². The molecule has 1 unspecified atom stereocenters. The van der Waals surface area contributed by atoms with E-state index in [1.54, 1.807) is 0 Å². The second-order valence-electron chi connectivity index (χ2n) is 5.60. The van der Waals surface area contributed by atoms with E-state index in [2.05, 4.69) is 18.4 Å². The molecule has 106 valence electrons. The molecule has 1 N–H and O–H groups in total. The van der Waals surface area contributed by atoms with Gasteiger partial charge in [-0.05, 0) is 49.9 Å². The first-order valence-electron chi connectivity index (χ1n) is 7.32. The fourth-order valence-electron chi connectivity index (χ4n) is 3.14. The lowest BCUT2D eigenvalue weighted by molar-refractivity contribution is 0.332. The predicted octanol–water partition coefficient (Wildman–Crippen LogP) is 5.09. The Hall–Kier alpha value is -0.240. The standard InChI is InChI=1S/C16H23Cl2N/c1-19-16(13-6-4-2-3-5-7-13)11-12-8-9-14(17)15(18)10-12/h8-10,13,16,19H,2-7,11H2,1H3. The third-order valence-corrected chi connectivity index (χ3v) is 5.02. The van der Waals surface area contributed by atoms with Crippen molar-refractivity contribution in [3.05, 3.63) is 33.8 Å². The van der Waals surface area contributed by atoms with Crippen LogP contribution in [-0.2, 0) is 6.42 Å². The van der Waals surface area contributed by atoms with E-state index in [1.807, 2.05) is 12.1 Å². The number of benzene rings is 1. The van der Waals surface area contributed by atoms with Crippen molar-refractivity contribution in [2.75, 3.05) is 7.05 Å². The third-order valence-electron chi connectivity index (χ3n) is 4.28. The molecule has 3 heteroatoms. The molecule has 0 bridgehead atoms. The van der Waals surface area contributed by atoms with Gasteiger partial charge in [-0.25, -0.2) is 0 Å². The molecule has 0 saturated heterocycles. The second kappa shape index (κ2) is 7.52. The zero-order chi connectivity index (χ0) is 13.7. The molecular weight excluding hydrogens is 277 g/mol. The lowest BCUT2D eigenvalue weighted by atomic mass is 9.88. The summed E-state index contributed by atoms with van der Waals surface area (Å²) in [6.45, 7) is 0. The Bertz CT molecular complexity index is 398. The van der Waals surface area contributed by atoms with Crippen molar-refractivity contribution < 1.29 is 0 Å². The molecule has 1 fully saturated rings. The number of likely N-dealkylation sites (N-methyl/N-ethyl adjacent to an activating group) is 1. The Morgan fingerprint density at radius 2 is 1.79 bits per heavy atom. The predicted molar refractivity (Wildman–Crippen MR) is 84.2 cm³/mol. The van der Waals surface area contributed by atoms with Crippen molar-refractivity contribution in [3.8, 4) is 0 Å². The fraction of sp³-hybridized carbons (Fsp3) is 0.625. The van der Waals surface area contributed by atoms with Crippen LogP contribution < -0.4 is 5.32 Å². The maximum atomic E-state index is 6.10. The summed E-state index contributed by atoms with van der Waals surface area (Å²) in [4.78, 5) is 0. The molecule has 0 radical (unpaired) electrons. The van der Waals surface area contributed by atoms with Gasteiger partial charge in [0.05, 0.1) is 10.0 Å². The van der Waals surface area contributed by atoms with Gasteiger partial charge >= 0.3 is 0 Å². The summed E-state index contributed by atoms with van der Waals surface area (Å²) < 4.78 is 0. The highest BCUT2D eigenvalue weighted by Gasteiger charge is 2.21. The molecule has 1 aliphatic carbocycles. The summed E-state index contributed by atoms with van der Waals surface area (Å²) in [5.41, 5.74) is 1.28. The monoisotopic (exact) mass is 299 g/mol. The molecule has 1 aromatic rings. The normalized spacial score (nSPS) is 19.1. The molecule has 1 aromatic carbocycles. The highest BCUT2D eigenvalue weighted by molar-refractivity contribution is 6.42. The molecule has 0 aliphatic heterocycles. The summed E-state index contributed by atoms with van der Waals surface area (Å²) in [5.74, 6) is 0.793. The molecule has 1 nitrogen and oxygen atoms in total. The van der Waals surface area contributed by atoms with Crippen LogP contribution in [0.15, 0.2) is 18.2 Å². The van der Waals surface area contributed by atoms with Gasteiger partial charge in [-0.3, -0.25) is 0 Å². The molecule has 19 heavy (non-hydrogen) atoms. The van der Waals surface area contributed by atoms with Crippen LogP contribution in [0.1, 0.15) is 44.1 Å². The lowest BCUT2D eigenvalue weighted by Gasteiger charge is -2.26. The minimum absolute atomic E-state index is 0.551. The molecule has 1 saturated carbocycles. The van der Waals surface area contributed by atoms with E-state index >= 15 is 0 Å². The average Bonchev–Trinajstić information content (AvgIpc) is 2.69. The Morgan fingerprint density at radius 3 is 2.37 bits per heavy atom. The summed E-state index contributed by atoms with van der Waals surface area (Å²) in [7, 11) is 2.08. The topological polar surface area (TPSA) is 12.0 Å². The van der Waals surface area contributed by atoms with E-state index in [0.29, 0.717) is 16.1 Å². The highest BCUT2D eigenvalue weighted by Crippen LogP contribution is 2.28. The molecule has 2 rings (SSSR count). The van der Waals surface area contributed by atoms with Crippen LogP contribution in [0.25, 0.3) is 0 Å². The van der Waals surface area contributed by atoms with E-state index < -0.39 is 0 Å².